The number of hydrogen-bond acceptors (Lipinski definition) is 6. The van der Waals surface area contributed by atoms with E-state index in [9.17, 15) is 4.79 Å². The van der Waals surface area contributed by atoms with Crippen molar-refractivity contribution in [2.45, 2.75) is 26.3 Å². The Hall–Kier alpha value is -2.12. The number of nitrogens with one attached hydrogen (secondary N) is 1. The first-order valence-corrected chi connectivity index (χ1v) is 8.95. The van der Waals surface area contributed by atoms with Gasteiger partial charge in [-0.25, -0.2) is 4.98 Å². The lowest BCUT2D eigenvalue weighted by Crippen LogP contribution is -2.25. The fourth-order valence-corrected chi connectivity index (χ4v) is 3.00. The van der Waals surface area contributed by atoms with Gasteiger partial charge in [-0.2, -0.15) is 0 Å². The first kappa shape index (κ1) is 19.2. The molecule has 2 aromatic rings. The highest BCUT2D eigenvalue weighted by Crippen LogP contribution is 2.30. The molecule has 0 saturated heterocycles. The van der Waals surface area contributed by atoms with Crippen LogP contribution >= 0.6 is 11.3 Å². The molecule has 136 valence electrons. The summed E-state index contributed by atoms with van der Waals surface area (Å²) < 4.78 is 16.0. The zero-order valence-electron chi connectivity index (χ0n) is 15.0. The van der Waals surface area contributed by atoms with Crippen LogP contribution in [0.1, 0.15) is 40.1 Å². The molecule has 1 amide bonds. The Labute approximate surface area is 152 Å². The van der Waals surface area contributed by atoms with E-state index in [-0.39, 0.29) is 11.9 Å². The van der Waals surface area contributed by atoms with Crippen molar-refractivity contribution in [2.75, 3.05) is 27.4 Å². The number of aromatic nitrogens is 1. The van der Waals surface area contributed by atoms with Crippen LogP contribution in [-0.4, -0.2) is 38.3 Å². The Kier molecular flexibility index (Phi) is 7.21. The highest BCUT2D eigenvalue weighted by atomic mass is 32.1. The van der Waals surface area contributed by atoms with Crippen LogP contribution in [0, 0.1) is 0 Å². The molecule has 0 saturated carbocycles. The fourth-order valence-electron chi connectivity index (χ4n) is 2.24. The number of hydrogen-bond donors (Lipinski definition) is 1. The van der Waals surface area contributed by atoms with Gasteiger partial charge in [0.15, 0.2) is 11.5 Å². The number of benzene rings is 1. The van der Waals surface area contributed by atoms with Gasteiger partial charge in [0.05, 0.1) is 31.0 Å². The number of thiazole rings is 1. The number of ether oxygens (including phenoxy) is 3. The number of amides is 1. The molecular weight excluding hydrogens is 340 g/mol. The number of methoxy groups -OCH3 is 2. The molecule has 6 nitrogen and oxygen atoms in total. The van der Waals surface area contributed by atoms with E-state index in [1.807, 2.05) is 32.0 Å². The second kappa shape index (κ2) is 9.39. The van der Waals surface area contributed by atoms with Crippen molar-refractivity contribution in [2.24, 2.45) is 0 Å². The van der Waals surface area contributed by atoms with Gasteiger partial charge >= 0.3 is 0 Å². The summed E-state index contributed by atoms with van der Waals surface area (Å²) in [6.45, 7) is 4.90. The van der Waals surface area contributed by atoms with E-state index in [2.05, 4.69) is 10.3 Å². The van der Waals surface area contributed by atoms with Crippen molar-refractivity contribution in [3.63, 3.8) is 0 Å². The maximum Gasteiger partial charge on any atom is 0.263 e. The van der Waals surface area contributed by atoms with Crippen molar-refractivity contribution in [1.82, 2.24) is 10.3 Å². The molecule has 0 aliphatic heterocycles. The largest absolute Gasteiger partial charge is 0.493 e. The molecule has 0 aliphatic carbocycles. The predicted molar refractivity (Wildman–Crippen MR) is 97.7 cm³/mol. The standard InChI is InChI=1S/C18H24N2O4S/c1-5-17-19-11-16(25-17)18(21)20-12(2)13-6-7-14(15(10-13)23-4)24-9-8-22-3/h6-7,10-12H,5,8-9H2,1-4H3,(H,20,21). The lowest BCUT2D eigenvalue weighted by molar-refractivity contribution is 0.0943. The average molecular weight is 364 g/mol. The zero-order valence-corrected chi connectivity index (χ0v) is 15.8. The Morgan fingerprint density at radius 2 is 2.08 bits per heavy atom. The molecule has 25 heavy (non-hydrogen) atoms. The van der Waals surface area contributed by atoms with E-state index in [4.69, 9.17) is 14.2 Å². The molecule has 1 heterocycles. The van der Waals surface area contributed by atoms with E-state index in [1.165, 1.54) is 11.3 Å². The summed E-state index contributed by atoms with van der Waals surface area (Å²) in [6, 6.07) is 5.47. The van der Waals surface area contributed by atoms with Gasteiger partial charge in [-0.1, -0.05) is 13.0 Å². The third-order valence-corrected chi connectivity index (χ3v) is 4.80. The third-order valence-electron chi connectivity index (χ3n) is 3.66. The molecule has 0 radical (unpaired) electrons. The highest BCUT2D eigenvalue weighted by Gasteiger charge is 2.16. The summed E-state index contributed by atoms with van der Waals surface area (Å²) in [6.07, 6.45) is 2.45. The van der Waals surface area contributed by atoms with E-state index in [1.54, 1.807) is 20.4 Å². The van der Waals surface area contributed by atoms with Crippen molar-refractivity contribution in [3.8, 4) is 11.5 Å². The Bertz CT molecular complexity index is 702. The SMILES string of the molecule is CCc1ncc(C(=O)NC(C)c2ccc(OCCOC)c(OC)c2)s1. The van der Waals surface area contributed by atoms with E-state index in [0.717, 1.165) is 17.0 Å². The summed E-state index contributed by atoms with van der Waals surface area (Å²) in [7, 11) is 3.22. The first-order chi connectivity index (χ1) is 12.1. The third kappa shape index (κ3) is 5.17. The van der Waals surface area contributed by atoms with Crippen molar-refractivity contribution in [1.29, 1.82) is 0 Å². The summed E-state index contributed by atoms with van der Waals surface area (Å²) in [5.74, 6) is 1.15. The van der Waals surface area contributed by atoms with Crippen molar-refractivity contribution in [3.05, 3.63) is 39.8 Å². The quantitative estimate of drug-likeness (QED) is 0.692. The molecule has 2 rings (SSSR count). The topological polar surface area (TPSA) is 69.7 Å². The van der Waals surface area contributed by atoms with Gasteiger partial charge in [-0.05, 0) is 31.0 Å². The summed E-state index contributed by atoms with van der Waals surface area (Å²) in [5, 5.41) is 3.94. The van der Waals surface area contributed by atoms with Gasteiger partial charge in [-0.3, -0.25) is 4.79 Å². The molecule has 1 aromatic carbocycles. The Morgan fingerprint density at radius 3 is 2.72 bits per heavy atom. The molecule has 7 heteroatoms. The molecule has 1 unspecified atom stereocenters. The lowest BCUT2D eigenvalue weighted by atomic mass is 10.1. The first-order valence-electron chi connectivity index (χ1n) is 8.14. The summed E-state index contributed by atoms with van der Waals surface area (Å²) in [5.41, 5.74) is 0.935. The molecule has 0 aliphatic rings. The smallest absolute Gasteiger partial charge is 0.263 e. The minimum Gasteiger partial charge on any atom is -0.493 e. The van der Waals surface area contributed by atoms with Gasteiger partial charge < -0.3 is 19.5 Å². The molecule has 1 atom stereocenters. The maximum absolute atomic E-state index is 12.3. The van der Waals surface area contributed by atoms with Crippen LogP contribution in [0.4, 0.5) is 0 Å². The monoisotopic (exact) mass is 364 g/mol. The van der Waals surface area contributed by atoms with E-state index < -0.39 is 0 Å². The number of rotatable bonds is 9. The van der Waals surface area contributed by atoms with Gasteiger partial charge in [0.2, 0.25) is 0 Å². The molecule has 0 fully saturated rings. The molecule has 1 aromatic heterocycles. The Balaban J connectivity index is 2.05. The van der Waals surface area contributed by atoms with Crippen LogP contribution in [0.3, 0.4) is 0 Å². The number of carbonyl (C=O) groups is 1. The van der Waals surface area contributed by atoms with Crippen molar-refractivity contribution < 1.29 is 19.0 Å². The molecule has 0 bridgehead atoms. The molecule has 0 spiro atoms. The van der Waals surface area contributed by atoms with Crippen LogP contribution in [-0.2, 0) is 11.2 Å². The van der Waals surface area contributed by atoms with Gasteiger partial charge in [0, 0.05) is 7.11 Å². The molecular formula is C18H24N2O4S. The van der Waals surface area contributed by atoms with Gasteiger partial charge in [-0.15, -0.1) is 11.3 Å². The van der Waals surface area contributed by atoms with Gasteiger partial charge in [0.25, 0.3) is 5.91 Å². The minimum atomic E-state index is -0.165. The van der Waals surface area contributed by atoms with Crippen LogP contribution in [0.5, 0.6) is 11.5 Å². The summed E-state index contributed by atoms with van der Waals surface area (Å²) >= 11 is 1.42. The molecule has 1 N–H and O–H groups in total. The minimum absolute atomic E-state index is 0.121. The van der Waals surface area contributed by atoms with Crippen LogP contribution in [0.15, 0.2) is 24.4 Å². The summed E-state index contributed by atoms with van der Waals surface area (Å²) in [4.78, 5) is 17.2. The zero-order chi connectivity index (χ0) is 18.2. The van der Waals surface area contributed by atoms with Crippen LogP contribution < -0.4 is 14.8 Å². The number of carbonyl (C=O) groups excluding carboxylic acids is 1. The predicted octanol–water partition coefficient (Wildman–Crippen LogP) is 3.23. The Morgan fingerprint density at radius 1 is 1.28 bits per heavy atom. The average Bonchev–Trinajstić information content (AvgIpc) is 3.11. The second-order valence-electron chi connectivity index (χ2n) is 5.42. The van der Waals surface area contributed by atoms with Crippen molar-refractivity contribution >= 4 is 17.2 Å². The van der Waals surface area contributed by atoms with E-state index in [0.29, 0.717) is 29.6 Å². The van der Waals surface area contributed by atoms with Gasteiger partial charge in [0.1, 0.15) is 11.5 Å². The number of nitrogens with zero attached hydrogens (tertiary/aromatic N) is 1. The maximum atomic E-state index is 12.3. The second-order valence-corrected chi connectivity index (χ2v) is 6.53. The van der Waals surface area contributed by atoms with Crippen LogP contribution in [0.2, 0.25) is 0 Å². The normalized spacial score (nSPS) is 11.8. The number of aryl methyl sites for hydroxylation is 1. The lowest BCUT2D eigenvalue weighted by Gasteiger charge is -2.17. The van der Waals surface area contributed by atoms with E-state index >= 15 is 0 Å². The fraction of sp³-hybridized carbons (Fsp3) is 0.444. The van der Waals surface area contributed by atoms with Crippen LogP contribution in [0.25, 0.3) is 0 Å². The highest BCUT2D eigenvalue weighted by molar-refractivity contribution is 7.13.